The van der Waals surface area contributed by atoms with Crippen LogP contribution in [0.25, 0.3) is 0 Å². The van der Waals surface area contributed by atoms with Crippen molar-refractivity contribution in [3.05, 3.63) is 59.7 Å². The molecule has 0 bridgehead atoms. The lowest BCUT2D eigenvalue weighted by molar-refractivity contribution is -0.154. The lowest BCUT2D eigenvalue weighted by Gasteiger charge is -2.46. The molecular formula is C25H31NO5. The highest BCUT2D eigenvalue weighted by molar-refractivity contribution is 5.95. The molecule has 1 atom stereocenters. The summed E-state index contributed by atoms with van der Waals surface area (Å²) in [7, 11) is 3.16. The minimum Gasteiger partial charge on any atom is -0.493 e. The number of carbonyl (C=O) groups excluding carboxylic acids is 1. The van der Waals surface area contributed by atoms with E-state index in [1.807, 2.05) is 23.1 Å². The predicted molar refractivity (Wildman–Crippen MR) is 118 cm³/mol. The van der Waals surface area contributed by atoms with Gasteiger partial charge in [-0.25, -0.2) is 0 Å². The van der Waals surface area contributed by atoms with Gasteiger partial charge in [-0.1, -0.05) is 30.3 Å². The van der Waals surface area contributed by atoms with Gasteiger partial charge in [0.1, 0.15) is 0 Å². The van der Waals surface area contributed by atoms with Crippen LogP contribution in [0.4, 0.5) is 0 Å². The maximum atomic E-state index is 13.0. The van der Waals surface area contributed by atoms with Gasteiger partial charge in [-0.15, -0.1) is 0 Å². The van der Waals surface area contributed by atoms with Crippen molar-refractivity contribution in [3.63, 3.8) is 0 Å². The van der Waals surface area contributed by atoms with Crippen LogP contribution < -0.4 is 9.47 Å². The molecule has 1 unspecified atom stereocenters. The minimum absolute atomic E-state index is 0.0171. The Morgan fingerprint density at radius 1 is 1.06 bits per heavy atom. The summed E-state index contributed by atoms with van der Waals surface area (Å²) < 4.78 is 23.0. The Kier molecular flexibility index (Phi) is 6.78. The lowest BCUT2D eigenvalue weighted by atomic mass is 9.83. The predicted octanol–water partition coefficient (Wildman–Crippen LogP) is 4.07. The van der Waals surface area contributed by atoms with Gasteiger partial charge in [0.15, 0.2) is 11.5 Å². The van der Waals surface area contributed by atoms with Gasteiger partial charge in [0.2, 0.25) is 0 Å². The first-order valence-electron chi connectivity index (χ1n) is 10.9. The molecule has 2 aromatic carbocycles. The van der Waals surface area contributed by atoms with Crippen LogP contribution in [0.1, 0.15) is 41.6 Å². The van der Waals surface area contributed by atoms with Crippen LogP contribution in [0.5, 0.6) is 11.5 Å². The highest BCUT2D eigenvalue weighted by atomic mass is 16.5. The zero-order valence-electron chi connectivity index (χ0n) is 18.3. The Morgan fingerprint density at radius 3 is 2.52 bits per heavy atom. The molecule has 0 aromatic heterocycles. The molecule has 4 rings (SSSR count). The molecule has 2 aliphatic heterocycles. The maximum absolute atomic E-state index is 13.0. The molecule has 0 N–H and O–H groups in total. The quantitative estimate of drug-likeness (QED) is 0.698. The maximum Gasteiger partial charge on any atom is 0.253 e. The topological polar surface area (TPSA) is 57.2 Å². The summed E-state index contributed by atoms with van der Waals surface area (Å²) >= 11 is 0. The summed E-state index contributed by atoms with van der Waals surface area (Å²) in [6.07, 6.45) is 3.66. The molecule has 0 radical (unpaired) electrons. The lowest BCUT2D eigenvalue weighted by Crippen LogP contribution is -2.52. The van der Waals surface area contributed by atoms with Crippen LogP contribution in [-0.4, -0.2) is 56.4 Å². The summed E-state index contributed by atoms with van der Waals surface area (Å²) in [5, 5.41) is 0. The monoisotopic (exact) mass is 425 g/mol. The molecule has 1 amide bonds. The zero-order chi connectivity index (χ0) is 21.7. The van der Waals surface area contributed by atoms with E-state index in [2.05, 4.69) is 12.1 Å². The number of benzene rings is 2. The molecule has 0 aliphatic carbocycles. The van der Waals surface area contributed by atoms with E-state index in [4.69, 9.17) is 18.9 Å². The van der Waals surface area contributed by atoms with Gasteiger partial charge in [0.05, 0.1) is 32.5 Å². The number of nitrogens with zero attached hydrogens (tertiary/aromatic N) is 1. The molecule has 31 heavy (non-hydrogen) atoms. The first-order chi connectivity index (χ1) is 15.1. The number of likely N-dealkylation sites (tertiary alicyclic amines) is 1. The van der Waals surface area contributed by atoms with Gasteiger partial charge < -0.3 is 23.8 Å². The molecule has 166 valence electrons. The third kappa shape index (κ3) is 5.02. The van der Waals surface area contributed by atoms with Crippen molar-refractivity contribution in [3.8, 4) is 11.5 Å². The number of carbonyl (C=O) groups is 1. The number of methoxy groups -OCH3 is 2. The fraction of sp³-hybridized carbons (Fsp3) is 0.480. The number of piperidine rings is 1. The fourth-order valence-corrected chi connectivity index (χ4v) is 4.53. The SMILES string of the molecule is COc1ccc(C(=O)N2CCC3(CC2)CC(OCc2ccccc2)CCO3)cc1OC. The second kappa shape index (κ2) is 9.71. The molecular weight excluding hydrogens is 394 g/mol. The van der Waals surface area contributed by atoms with E-state index >= 15 is 0 Å². The van der Waals surface area contributed by atoms with Gasteiger partial charge in [-0.3, -0.25) is 4.79 Å². The van der Waals surface area contributed by atoms with Crippen LogP contribution in [-0.2, 0) is 16.1 Å². The van der Waals surface area contributed by atoms with Crippen molar-refractivity contribution in [2.45, 2.75) is 44.0 Å². The largest absolute Gasteiger partial charge is 0.493 e. The molecule has 6 heteroatoms. The van der Waals surface area contributed by atoms with E-state index in [1.54, 1.807) is 32.4 Å². The van der Waals surface area contributed by atoms with Gasteiger partial charge in [-0.05, 0) is 43.0 Å². The molecule has 1 spiro atoms. The van der Waals surface area contributed by atoms with E-state index in [0.717, 1.165) is 25.7 Å². The standard InChI is InChI=1S/C25H31NO5/c1-28-22-9-8-20(16-23(22)29-2)24(27)26-13-11-25(12-14-26)17-21(10-15-31-25)30-18-19-6-4-3-5-7-19/h3-9,16,21H,10-15,17-18H2,1-2H3. The Morgan fingerprint density at radius 2 is 1.81 bits per heavy atom. The molecule has 2 heterocycles. The minimum atomic E-state index is -0.187. The van der Waals surface area contributed by atoms with Crippen LogP contribution in [0.15, 0.2) is 48.5 Å². The molecule has 2 saturated heterocycles. The van der Waals surface area contributed by atoms with Gasteiger partial charge >= 0.3 is 0 Å². The summed E-state index contributed by atoms with van der Waals surface area (Å²) in [5.41, 5.74) is 1.62. The van der Waals surface area contributed by atoms with Crippen molar-refractivity contribution < 1.29 is 23.7 Å². The van der Waals surface area contributed by atoms with Gasteiger partial charge in [0.25, 0.3) is 5.91 Å². The van der Waals surface area contributed by atoms with Gasteiger partial charge in [0, 0.05) is 31.7 Å². The zero-order valence-corrected chi connectivity index (χ0v) is 18.3. The van der Waals surface area contributed by atoms with E-state index < -0.39 is 0 Å². The molecule has 2 aliphatic rings. The van der Waals surface area contributed by atoms with Crippen molar-refractivity contribution >= 4 is 5.91 Å². The van der Waals surface area contributed by atoms with E-state index in [9.17, 15) is 4.79 Å². The molecule has 2 aromatic rings. The first-order valence-corrected chi connectivity index (χ1v) is 10.9. The van der Waals surface area contributed by atoms with E-state index in [0.29, 0.717) is 43.4 Å². The fourth-order valence-electron chi connectivity index (χ4n) is 4.53. The number of rotatable bonds is 6. The third-order valence-corrected chi connectivity index (χ3v) is 6.37. The molecule has 0 saturated carbocycles. The summed E-state index contributed by atoms with van der Waals surface area (Å²) in [6, 6.07) is 15.6. The Balaban J connectivity index is 1.33. The molecule has 6 nitrogen and oxygen atoms in total. The third-order valence-electron chi connectivity index (χ3n) is 6.37. The average molecular weight is 426 g/mol. The van der Waals surface area contributed by atoms with Crippen molar-refractivity contribution in [2.75, 3.05) is 33.9 Å². The Bertz CT molecular complexity index is 877. The second-order valence-electron chi connectivity index (χ2n) is 8.30. The van der Waals surface area contributed by atoms with Gasteiger partial charge in [-0.2, -0.15) is 0 Å². The van der Waals surface area contributed by atoms with E-state index in [-0.39, 0.29) is 17.6 Å². The van der Waals surface area contributed by atoms with Crippen LogP contribution >= 0.6 is 0 Å². The van der Waals surface area contributed by atoms with Crippen molar-refractivity contribution in [2.24, 2.45) is 0 Å². The smallest absolute Gasteiger partial charge is 0.253 e. The Hall–Kier alpha value is -2.57. The normalized spacial score (nSPS) is 20.5. The molecule has 2 fully saturated rings. The number of ether oxygens (including phenoxy) is 4. The second-order valence-corrected chi connectivity index (χ2v) is 8.30. The summed E-state index contributed by atoms with van der Waals surface area (Å²) in [5.74, 6) is 1.20. The van der Waals surface area contributed by atoms with Crippen LogP contribution in [0.2, 0.25) is 0 Å². The average Bonchev–Trinajstić information content (AvgIpc) is 2.83. The number of hydrogen-bond donors (Lipinski definition) is 0. The highest BCUT2D eigenvalue weighted by Crippen LogP contribution is 2.37. The van der Waals surface area contributed by atoms with Crippen molar-refractivity contribution in [1.82, 2.24) is 4.90 Å². The van der Waals surface area contributed by atoms with Crippen LogP contribution in [0, 0.1) is 0 Å². The van der Waals surface area contributed by atoms with Crippen LogP contribution in [0.3, 0.4) is 0 Å². The number of amides is 1. The number of hydrogen-bond acceptors (Lipinski definition) is 5. The highest BCUT2D eigenvalue weighted by Gasteiger charge is 2.41. The first kappa shape index (κ1) is 21.7. The van der Waals surface area contributed by atoms with Crippen molar-refractivity contribution in [1.29, 1.82) is 0 Å². The van der Waals surface area contributed by atoms with E-state index in [1.165, 1.54) is 5.56 Å². The summed E-state index contributed by atoms with van der Waals surface area (Å²) in [6.45, 7) is 2.70. The summed E-state index contributed by atoms with van der Waals surface area (Å²) in [4.78, 5) is 14.9. The Labute approximate surface area is 184 Å².